The second-order valence-corrected chi connectivity index (χ2v) is 2.87. The second-order valence-electron chi connectivity index (χ2n) is 2.39. The monoisotopic (exact) mass is 174 g/mol. The van der Waals surface area contributed by atoms with Crippen molar-refractivity contribution in [1.82, 2.24) is 0 Å². The Morgan fingerprint density at radius 3 is 2.18 bits per heavy atom. The molecular weight excluding hydrogens is 163 g/mol. The third-order valence-corrected chi connectivity index (χ3v) is 1.73. The molecule has 1 rings (SSSR count). The maximum absolute atomic E-state index is 4.96. The van der Waals surface area contributed by atoms with Gasteiger partial charge in [0.15, 0.2) is 0 Å². The van der Waals surface area contributed by atoms with Gasteiger partial charge in [-0.15, -0.1) is 0 Å². The molecule has 0 N–H and O–H groups in total. The van der Waals surface area contributed by atoms with Crippen LogP contribution in [0.2, 0.25) is 0 Å². The van der Waals surface area contributed by atoms with E-state index in [2.05, 4.69) is 19.1 Å². The molecule has 0 unspecified atom stereocenters. The normalized spacial score (nSPS) is 8.82. The molecule has 0 atom stereocenters. The van der Waals surface area contributed by atoms with Crippen LogP contribution in [-0.2, 0) is 19.0 Å². The summed E-state index contributed by atoms with van der Waals surface area (Å²) in [7, 11) is 0. The Bertz CT molecular complexity index is 193. The van der Waals surface area contributed by atoms with Crippen LogP contribution in [0.1, 0.15) is 18.9 Å². The van der Waals surface area contributed by atoms with Gasteiger partial charge in [-0.3, -0.25) is 0 Å². The van der Waals surface area contributed by atoms with E-state index >= 15 is 0 Å². The van der Waals surface area contributed by atoms with E-state index in [1.165, 1.54) is 12.0 Å². The van der Waals surface area contributed by atoms with Crippen LogP contribution in [0, 0.1) is 0 Å². The van der Waals surface area contributed by atoms with Gasteiger partial charge < -0.3 is 12.6 Å². The zero-order valence-electron chi connectivity index (χ0n) is 7.13. The van der Waals surface area contributed by atoms with E-state index in [4.69, 9.17) is 12.6 Å². The molecule has 0 aliphatic heterocycles. The number of hydrogen-bond acceptors (Lipinski definition) is 1. The van der Waals surface area contributed by atoms with E-state index in [9.17, 15) is 0 Å². The van der Waals surface area contributed by atoms with Crippen molar-refractivity contribution >= 4 is 12.6 Å². The van der Waals surface area contributed by atoms with Gasteiger partial charge in [0.1, 0.15) is 0 Å². The minimum atomic E-state index is 0. The summed E-state index contributed by atoms with van der Waals surface area (Å²) in [6, 6.07) is 8.18. The summed E-state index contributed by atoms with van der Waals surface area (Å²) in [5, 5.41) is 0. The zero-order valence-corrected chi connectivity index (χ0v) is 9.95. The molecule has 0 nitrogen and oxygen atoms in total. The van der Waals surface area contributed by atoms with E-state index in [0.717, 1.165) is 11.3 Å². The molecule has 0 bridgehead atoms. The quantitative estimate of drug-likeness (QED) is 0.432. The average Bonchev–Trinajstić information content (AvgIpc) is 1.95. The average molecular weight is 174 g/mol. The van der Waals surface area contributed by atoms with Gasteiger partial charge >= 0.3 is 29.6 Å². The van der Waals surface area contributed by atoms with Gasteiger partial charge in [-0.1, -0.05) is 37.6 Å². The van der Waals surface area contributed by atoms with Crippen molar-refractivity contribution in [2.24, 2.45) is 0 Å². The molecule has 1 aromatic carbocycles. The van der Waals surface area contributed by atoms with Crippen LogP contribution in [0.3, 0.4) is 0 Å². The van der Waals surface area contributed by atoms with Gasteiger partial charge in [0.2, 0.25) is 0 Å². The van der Waals surface area contributed by atoms with Crippen LogP contribution in [0.4, 0.5) is 0 Å². The summed E-state index contributed by atoms with van der Waals surface area (Å²) < 4.78 is 0. The number of hydrogen-bond donors (Lipinski definition) is 0. The maximum Gasteiger partial charge on any atom is 1.00 e. The third kappa shape index (κ3) is 4.12. The molecule has 0 saturated carbocycles. The topological polar surface area (TPSA) is 0 Å². The van der Waals surface area contributed by atoms with Crippen molar-refractivity contribution < 1.29 is 29.6 Å². The van der Waals surface area contributed by atoms with E-state index < -0.39 is 0 Å². The molecule has 0 saturated heterocycles. The van der Waals surface area contributed by atoms with Crippen LogP contribution in [-0.4, -0.2) is 0 Å². The van der Waals surface area contributed by atoms with E-state index in [-0.39, 0.29) is 29.6 Å². The third-order valence-electron chi connectivity index (χ3n) is 1.46. The fourth-order valence-electron chi connectivity index (χ4n) is 0.945. The molecule has 0 heterocycles. The van der Waals surface area contributed by atoms with Gasteiger partial charge in [-0.2, -0.15) is 4.90 Å². The minimum absolute atomic E-state index is 0. The van der Waals surface area contributed by atoms with Crippen LogP contribution in [0.25, 0.3) is 0 Å². The van der Waals surface area contributed by atoms with Gasteiger partial charge in [-0.05, 0) is 12.0 Å². The summed E-state index contributed by atoms with van der Waals surface area (Å²) in [6.07, 6.45) is 2.37. The standard InChI is InChI=1S/C9H12S.Na/c1-2-3-8-4-6-9(10)7-5-8;/h4-7,10H,2-3H2,1H3;/q;+1/p-1. The van der Waals surface area contributed by atoms with Crippen molar-refractivity contribution in [3.8, 4) is 0 Å². The number of rotatable bonds is 2. The fourth-order valence-corrected chi connectivity index (χ4v) is 1.08. The molecule has 0 aliphatic rings. The molecule has 0 aliphatic carbocycles. The summed E-state index contributed by atoms with van der Waals surface area (Å²) in [5.41, 5.74) is 1.39. The first-order valence-electron chi connectivity index (χ1n) is 3.59. The largest absolute Gasteiger partial charge is 1.00 e. The summed E-state index contributed by atoms with van der Waals surface area (Å²) in [6.45, 7) is 2.18. The first-order valence-corrected chi connectivity index (χ1v) is 3.99. The Morgan fingerprint density at radius 1 is 1.18 bits per heavy atom. The Kier molecular flexibility index (Phi) is 6.25. The summed E-state index contributed by atoms with van der Waals surface area (Å²) >= 11 is 4.96. The van der Waals surface area contributed by atoms with E-state index in [1.54, 1.807) is 0 Å². The van der Waals surface area contributed by atoms with E-state index in [1.807, 2.05) is 12.1 Å². The minimum Gasteiger partial charge on any atom is -0.780 e. The van der Waals surface area contributed by atoms with Crippen molar-refractivity contribution in [3.05, 3.63) is 29.8 Å². The fraction of sp³-hybridized carbons (Fsp3) is 0.333. The smallest absolute Gasteiger partial charge is 0.780 e. The Labute approximate surface area is 96.1 Å². The Balaban J connectivity index is 0.000001000. The van der Waals surface area contributed by atoms with Gasteiger partial charge in [-0.25, -0.2) is 0 Å². The van der Waals surface area contributed by atoms with E-state index in [0.29, 0.717) is 0 Å². The van der Waals surface area contributed by atoms with Crippen LogP contribution < -0.4 is 29.6 Å². The van der Waals surface area contributed by atoms with Crippen molar-refractivity contribution in [2.45, 2.75) is 24.7 Å². The van der Waals surface area contributed by atoms with Crippen molar-refractivity contribution in [1.29, 1.82) is 0 Å². The second kappa shape index (κ2) is 6.01. The first-order chi connectivity index (χ1) is 4.83. The number of benzene rings is 1. The Hall–Kier alpha value is 0.440. The predicted molar refractivity (Wildman–Crippen MR) is 46.1 cm³/mol. The predicted octanol–water partition coefficient (Wildman–Crippen LogP) is -0.451. The molecular formula is C9H11NaS. The molecule has 0 aromatic heterocycles. The molecule has 54 valence electrons. The first kappa shape index (κ1) is 11.4. The van der Waals surface area contributed by atoms with Crippen LogP contribution >= 0.6 is 0 Å². The van der Waals surface area contributed by atoms with Gasteiger partial charge in [0.25, 0.3) is 0 Å². The molecule has 11 heavy (non-hydrogen) atoms. The molecule has 0 spiro atoms. The molecule has 1 aromatic rings. The summed E-state index contributed by atoms with van der Waals surface area (Å²) in [5.74, 6) is 0. The SMILES string of the molecule is CCCc1ccc([S-])cc1.[Na+]. The van der Waals surface area contributed by atoms with Crippen molar-refractivity contribution in [2.75, 3.05) is 0 Å². The van der Waals surface area contributed by atoms with Crippen molar-refractivity contribution in [3.63, 3.8) is 0 Å². The van der Waals surface area contributed by atoms with Gasteiger partial charge in [0, 0.05) is 0 Å². The maximum atomic E-state index is 4.96. The zero-order chi connectivity index (χ0) is 7.40. The van der Waals surface area contributed by atoms with Crippen LogP contribution in [0.15, 0.2) is 29.2 Å². The number of aryl methyl sites for hydroxylation is 1. The van der Waals surface area contributed by atoms with Gasteiger partial charge in [0.05, 0.1) is 0 Å². The Morgan fingerprint density at radius 2 is 1.73 bits per heavy atom. The molecule has 2 heteroatoms. The molecule has 0 amide bonds. The van der Waals surface area contributed by atoms with Crippen LogP contribution in [0.5, 0.6) is 0 Å². The molecule has 0 fully saturated rings. The summed E-state index contributed by atoms with van der Waals surface area (Å²) in [4.78, 5) is 0.930. The molecule has 0 radical (unpaired) electrons.